The van der Waals surface area contributed by atoms with E-state index in [9.17, 15) is 14.4 Å². The molecule has 1 unspecified atom stereocenters. The molecule has 0 saturated heterocycles. The summed E-state index contributed by atoms with van der Waals surface area (Å²) in [5.74, 6) is -1.06. The lowest BCUT2D eigenvalue weighted by atomic mass is 10.1. The van der Waals surface area contributed by atoms with E-state index in [-0.39, 0.29) is 36.6 Å². The third-order valence-corrected chi connectivity index (χ3v) is 3.57. The summed E-state index contributed by atoms with van der Waals surface area (Å²) in [5.41, 5.74) is 1.64. The third-order valence-electron chi connectivity index (χ3n) is 3.57. The number of benzene rings is 1. The molecule has 6 heteroatoms. The first-order chi connectivity index (χ1) is 10.5. The van der Waals surface area contributed by atoms with Gasteiger partial charge in [0.25, 0.3) is 0 Å². The minimum atomic E-state index is -0.987. The maximum absolute atomic E-state index is 11.6. The molecule has 0 radical (unpaired) electrons. The molecular formula is C16H20N2O4. The number of nitrogens with one attached hydrogen (secondary N) is 2. The van der Waals surface area contributed by atoms with Gasteiger partial charge in [-0.2, -0.15) is 0 Å². The fraction of sp³-hybridized carbons (Fsp3) is 0.438. The van der Waals surface area contributed by atoms with Crippen molar-refractivity contribution in [1.82, 2.24) is 5.32 Å². The lowest BCUT2D eigenvalue weighted by Crippen LogP contribution is -2.26. The molecule has 118 valence electrons. The number of carbonyl (C=O) groups excluding carboxylic acids is 2. The zero-order chi connectivity index (χ0) is 16.1. The number of anilines is 1. The Bertz CT molecular complexity index is 564. The molecule has 0 aromatic heterocycles. The molecule has 3 N–H and O–H groups in total. The number of carboxylic acids is 1. The van der Waals surface area contributed by atoms with Crippen molar-refractivity contribution in [1.29, 1.82) is 0 Å². The van der Waals surface area contributed by atoms with E-state index in [0.717, 1.165) is 24.1 Å². The lowest BCUT2D eigenvalue weighted by Gasteiger charge is -2.15. The molecule has 0 spiro atoms. The van der Waals surface area contributed by atoms with Crippen LogP contribution in [-0.4, -0.2) is 22.9 Å². The average Bonchev–Trinajstić information content (AvgIpc) is 3.30. The second-order valence-corrected chi connectivity index (χ2v) is 5.57. The zero-order valence-corrected chi connectivity index (χ0v) is 12.5. The number of amides is 2. The van der Waals surface area contributed by atoms with Gasteiger partial charge in [0.2, 0.25) is 11.8 Å². The van der Waals surface area contributed by atoms with E-state index in [4.69, 9.17) is 5.11 Å². The largest absolute Gasteiger partial charge is 0.481 e. The molecular weight excluding hydrogens is 284 g/mol. The van der Waals surface area contributed by atoms with E-state index in [1.807, 2.05) is 19.1 Å². The lowest BCUT2D eigenvalue weighted by molar-refractivity contribution is -0.138. The Morgan fingerprint density at radius 3 is 2.36 bits per heavy atom. The van der Waals surface area contributed by atoms with Crippen molar-refractivity contribution in [3.05, 3.63) is 29.8 Å². The Hall–Kier alpha value is -2.37. The van der Waals surface area contributed by atoms with Crippen LogP contribution in [0.2, 0.25) is 0 Å². The van der Waals surface area contributed by atoms with E-state index in [1.54, 1.807) is 12.1 Å². The number of carboxylic acid groups (broad SMARTS) is 1. The summed E-state index contributed by atoms with van der Waals surface area (Å²) in [5, 5.41) is 14.1. The fourth-order valence-corrected chi connectivity index (χ4v) is 2.06. The number of hydrogen-bond donors (Lipinski definition) is 3. The maximum Gasteiger partial charge on any atom is 0.303 e. The van der Waals surface area contributed by atoms with E-state index < -0.39 is 5.97 Å². The van der Waals surface area contributed by atoms with Gasteiger partial charge in [0, 0.05) is 18.0 Å². The maximum atomic E-state index is 11.6. The highest BCUT2D eigenvalue weighted by Crippen LogP contribution is 2.30. The second kappa shape index (κ2) is 7.06. The summed E-state index contributed by atoms with van der Waals surface area (Å²) < 4.78 is 0. The SMILES string of the molecule is CC(NC(=O)CCC(=O)O)c1ccc(NC(=O)C2CC2)cc1. The van der Waals surface area contributed by atoms with Crippen molar-refractivity contribution >= 4 is 23.5 Å². The van der Waals surface area contributed by atoms with Crippen LogP contribution < -0.4 is 10.6 Å². The minimum absolute atomic E-state index is 0.0325. The number of hydrogen-bond acceptors (Lipinski definition) is 3. The summed E-state index contributed by atoms with van der Waals surface area (Å²) >= 11 is 0. The molecule has 1 saturated carbocycles. The van der Waals surface area contributed by atoms with E-state index in [1.165, 1.54) is 0 Å². The van der Waals surface area contributed by atoms with Gasteiger partial charge in [-0.3, -0.25) is 14.4 Å². The van der Waals surface area contributed by atoms with Gasteiger partial charge in [0.05, 0.1) is 12.5 Å². The van der Waals surface area contributed by atoms with Gasteiger partial charge in [-0.25, -0.2) is 0 Å². The first-order valence-corrected chi connectivity index (χ1v) is 7.37. The molecule has 1 atom stereocenters. The van der Waals surface area contributed by atoms with Crippen LogP contribution in [0.25, 0.3) is 0 Å². The van der Waals surface area contributed by atoms with Crippen molar-refractivity contribution in [3.63, 3.8) is 0 Å². The normalized spacial score (nSPS) is 15.0. The van der Waals surface area contributed by atoms with Crippen LogP contribution in [0.1, 0.15) is 44.2 Å². The molecule has 1 fully saturated rings. The van der Waals surface area contributed by atoms with Crippen LogP contribution in [0.3, 0.4) is 0 Å². The third kappa shape index (κ3) is 4.87. The minimum Gasteiger partial charge on any atom is -0.481 e. The number of aliphatic carboxylic acids is 1. The molecule has 0 aliphatic heterocycles. The molecule has 1 aromatic rings. The first-order valence-electron chi connectivity index (χ1n) is 7.37. The monoisotopic (exact) mass is 304 g/mol. The van der Waals surface area contributed by atoms with Gasteiger partial charge in [-0.1, -0.05) is 12.1 Å². The van der Waals surface area contributed by atoms with E-state index in [2.05, 4.69) is 10.6 Å². The van der Waals surface area contributed by atoms with E-state index in [0.29, 0.717) is 0 Å². The van der Waals surface area contributed by atoms with Crippen LogP contribution >= 0.6 is 0 Å². The molecule has 6 nitrogen and oxygen atoms in total. The summed E-state index contributed by atoms with van der Waals surface area (Å²) in [6.07, 6.45) is 1.71. The quantitative estimate of drug-likeness (QED) is 0.718. The summed E-state index contributed by atoms with van der Waals surface area (Å²) in [6.45, 7) is 1.83. The van der Waals surface area contributed by atoms with Crippen molar-refractivity contribution in [2.24, 2.45) is 5.92 Å². The Morgan fingerprint density at radius 2 is 1.82 bits per heavy atom. The molecule has 0 heterocycles. The van der Waals surface area contributed by atoms with Crippen LogP contribution in [0.5, 0.6) is 0 Å². The van der Waals surface area contributed by atoms with Crippen LogP contribution in [0.15, 0.2) is 24.3 Å². The Kier molecular flexibility index (Phi) is 5.14. The van der Waals surface area contributed by atoms with Crippen molar-refractivity contribution in [2.75, 3.05) is 5.32 Å². The van der Waals surface area contributed by atoms with Gasteiger partial charge in [0.1, 0.15) is 0 Å². The van der Waals surface area contributed by atoms with E-state index >= 15 is 0 Å². The molecule has 22 heavy (non-hydrogen) atoms. The van der Waals surface area contributed by atoms with Crippen LogP contribution in [-0.2, 0) is 14.4 Å². The predicted octanol–water partition coefficient (Wildman–Crippen LogP) is 2.08. The molecule has 1 aromatic carbocycles. The van der Waals surface area contributed by atoms with Gasteiger partial charge >= 0.3 is 5.97 Å². The predicted molar refractivity (Wildman–Crippen MR) is 81.2 cm³/mol. The van der Waals surface area contributed by atoms with Gasteiger partial charge in [-0.05, 0) is 37.5 Å². The zero-order valence-electron chi connectivity index (χ0n) is 12.5. The highest BCUT2D eigenvalue weighted by atomic mass is 16.4. The average molecular weight is 304 g/mol. The Morgan fingerprint density at radius 1 is 1.18 bits per heavy atom. The Balaban J connectivity index is 1.84. The van der Waals surface area contributed by atoms with Crippen molar-refractivity contribution in [3.8, 4) is 0 Å². The highest BCUT2D eigenvalue weighted by Gasteiger charge is 2.29. The Labute approximate surface area is 128 Å². The second-order valence-electron chi connectivity index (χ2n) is 5.57. The van der Waals surface area contributed by atoms with Crippen molar-refractivity contribution in [2.45, 2.75) is 38.6 Å². The molecule has 0 bridgehead atoms. The van der Waals surface area contributed by atoms with Crippen LogP contribution in [0.4, 0.5) is 5.69 Å². The molecule has 2 amide bonds. The topological polar surface area (TPSA) is 95.5 Å². The summed E-state index contributed by atoms with van der Waals surface area (Å²) in [6, 6.07) is 7.06. The molecule has 1 aliphatic carbocycles. The van der Waals surface area contributed by atoms with Crippen LogP contribution in [0, 0.1) is 5.92 Å². The summed E-state index contributed by atoms with van der Waals surface area (Å²) in [7, 11) is 0. The van der Waals surface area contributed by atoms with Crippen molar-refractivity contribution < 1.29 is 19.5 Å². The number of carbonyl (C=O) groups is 3. The summed E-state index contributed by atoms with van der Waals surface area (Å²) in [4.78, 5) is 33.7. The molecule has 1 aliphatic rings. The van der Waals surface area contributed by atoms with Gasteiger partial charge in [0.15, 0.2) is 0 Å². The smallest absolute Gasteiger partial charge is 0.303 e. The van der Waals surface area contributed by atoms with Gasteiger partial charge in [-0.15, -0.1) is 0 Å². The van der Waals surface area contributed by atoms with Gasteiger partial charge < -0.3 is 15.7 Å². The standard InChI is InChI=1S/C16H20N2O4/c1-10(17-14(19)8-9-15(20)21)11-4-6-13(7-5-11)18-16(22)12-2-3-12/h4-7,10,12H,2-3,8-9H2,1H3,(H,17,19)(H,18,22)(H,20,21). The fourth-order valence-electron chi connectivity index (χ4n) is 2.06. The molecule has 2 rings (SSSR count). The highest BCUT2D eigenvalue weighted by molar-refractivity contribution is 5.94. The first kappa shape index (κ1) is 16.0. The number of rotatable bonds is 7.